The van der Waals surface area contributed by atoms with Gasteiger partial charge < -0.3 is 0 Å². The summed E-state index contributed by atoms with van der Waals surface area (Å²) in [5.74, 6) is 0.706. The Kier molecular flexibility index (Phi) is 2.75. The van der Waals surface area contributed by atoms with Gasteiger partial charge in [-0.15, -0.1) is 0 Å². The predicted molar refractivity (Wildman–Crippen MR) is 72.8 cm³/mol. The molecule has 0 aromatic heterocycles. The molecular formula is C17H16O. The van der Waals surface area contributed by atoms with Crippen LogP contribution >= 0.6 is 0 Å². The van der Waals surface area contributed by atoms with Crippen molar-refractivity contribution in [2.24, 2.45) is 5.92 Å². The van der Waals surface area contributed by atoms with Gasteiger partial charge in [0.15, 0.2) is 5.78 Å². The van der Waals surface area contributed by atoms with Gasteiger partial charge in [0.1, 0.15) is 0 Å². The Morgan fingerprint density at radius 2 is 1.67 bits per heavy atom. The Hall–Kier alpha value is -1.89. The highest BCUT2D eigenvalue weighted by molar-refractivity contribution is 5.99. The molecule has 0 unspecified atom stereocenters. The Labute approximate surface area is 107 Å². The van der Waals surface area contributed by atoms with Crippen molar-refractivity contribution in [1.82, 2.24) is 0 Å². The number of hydrogen-bond donors (Lipinski definition) is 0. The fourth-order valence-corrected chi connectivity index (χ4v) is 2.93. The Balaban J connectivity index is 1.91. The van der Waals surface area contributed by atoms with E-state index < -0.39 is 0 Å². The summed E-state index contributed by atoms with van der Waals surface area (Å²) in [6.45, 7) is 2.16. The van der Waals surface area contributed by atoms with Crippen LogP contribution in [-0.2, 0) is 6.42 Å². The van der Waals surface area contributed by atoms with Crippen molar-refractivity contribution in [2.45, 2.75) is 19.3 Å². The lowest BCUT2D eigenvalue weighted by Gasteiger charge is -2.14. The molecule has 1 heteroatoms. The summed E-state index contributed by atoms with van der Waals surface area (Å²) in [6.07, 6.45) is 0.880. The Morgan fingerprint density at radius 3 is 2.39 bits per heavy atom. The van der Waals surface area contributed by atoms with Crippen molar-refractivity contribution >= 4 is 5.78 Å². The summed E-state index contributed by atoms with van der Waals surface area (Å²) in [7, 11) is 0. The third-order valence-corrected chi connectivity index (χ3v) is 3.98. The zero-order valence-corrected chi connectivity index (χ0v) is 10.5. The smallest absolute Gasteiger partial charge is 0.166 e. The Bertz CT molecular complexity index is 571. The van der Waals surface area contributed by atoms with Gasteiger partial charge in [-0.05, 0) is 23.5 Å². The molecule has 0 aliphatic heterocycles. The normalized spacial score (nSPS) is 21.6. The summed E-state index contributed by atoms with van der Waals surface area (Å²) >= 11 is 0. The number of carbonyl (C=O) groups is 1. The molecule has 0 heterocycles. The fourth-order valence-electron chi connectivity index (χ4n) is 2.93. The largest absolute Gasteiger partial charge is 0.294 e. The molecule has 0 saturated heterocycles. The van der Waals surface area contributed by atoms with E-state index in [0.717, 1.165) is 12.0 Å². The summed E-state index contributed by atoms with van der Waals surface area (Å²) < 4.78 is 0. The minimum absolute atomic E-state index is 0.102. The lowest BCUT2D eigenvalue weighted by molar-refractivity contribution is 0.0911. The van der Waals surface area contributed by atoms with Crippen molar-refractivity contribution in [1.29, 1.82) is 0 Å². The quantitative estimate of drug-likeness (QED) is 0.724. The van der Waals surface area contributed by atoms with Crippen LogP contribution in [0.1, 0.15) is 34.3 Å². The van der Waals surface area contributed by atoms with E-state index in [2.05, 4.69) is 31.2 Å². The maximum atomic E-state index is 12.5. The van der Waals surface area contributed by atoms with E-state index in [1.807, 2.05) is 30.3 Å². The Morgan fingerprint density at radius 1 is 1.00 bits per heavy atom. The summed E-state index contributed by atoms with van der Waals surface area (Å²) in [4.78, 5) is 12.5. The molecule has 0 fully saturated rings. The molecule has 1 nitrogen and oxygen atoms in total. The number of Topliss-reactive ketones (excluding diaryl/α,β-unsaturated/α-hetero) is 1. The van der Waals surface area contributed by atoms with Crippen molar-refractivity contribution in [3.05, 3.63) is 71.3 Å². The van der Waals surface area contributed by atoms with Gasteiger partial charge >= 0.3 is 0 Å². The number of fused-ring (bicyclic) bond motifs is 1. The average molecular weight is 236 g/mol. The molecule has 2 aromatic rings. The van der Waals surface area contributed by atoms with Crippen molar-refractivity contribution < 1.29 is 4.79 Å². The molecule has 0 spiro atoms. The number of hydrogen-bond acceptors (Lipinski definition) is 1. The standard InChI is InChI=1S/C17H16O/c1-12-15-10-6-5-9-14(15)11-16(12)17(18)13-7-3-2-4-8-13/h2-10,12,16H,11H2,1H3/t12-,16-/m1/s1. The van der Waals surface area contributed by atoms with E-state index in [4.69, 9.17) is 0 Å². The molecule has 0 bridgehead atoms. The molecule has 0 saturated carbocycles. The minimum atomic E-state index is 0.102. The number of ketones is 1. The highest BCUT2D eigenvalue weighted by atomic mass is 16.1. The third-order valence-electron chi connectivity index (χ3n) is 3.98. The molecule has 1 aliphatic rings. The van der Waals surface area contributed by atoms with Crippen LogP contribution in [0.4, 0.5) is 0 Å². The molecule has 0 amide bonds. The summed E-state index contributed by atoms with van der Waals surface area (Å²) in [6, 6.07) is 18.0. The van der Waals surface area contributed by atoms with Crippen LogP contribution in [0.2, 0.25) is 0 Å². The minimum Gasteiger partial charge on any atom is -0.294 e. The molecular weight excluding hydrogens is 220 g/mol. The van der Waals surface area contributed by atoms with E-state index >= 15 is 0 Å². The van der Waals surface area contributed by atoms with E-state index in [9.17, 15) is 4.79 Å². The summed E-state index contributed by atoms with van der Waals surface area (Å²) in [5, 5.41) is 0. The van der Waals surface area contributed by atoms with Gasteiger partial charge in [0, 0.05) is 11.5 Å². The molecule has 90 valence electrons. The highest BCUT2D eigenvalue weighted by Crippen LogP contribution is 2.39. The van der Waals surface area contributed by atoms with Gasteiger partial charge in [0.2, 0.25) is 0 Å². The van der Waals surface area contributed by atoms with Crippen LogP contribution in [0.3, 0.4) is 0 Å². The predicted octanol–water partition coefficient (Wildman–Crippen LogP) is 3.85. The lowest BCUT2D eigenvalue weighted by atomic mass is 9.87. The third kappa shape index (κ3) is 1.76. The van der Waals surface area contributed by atoms with Crippen LogP contribution < -0.4 is 0 Å². The zero-order valence-electron chi connectivity index (χ0n) is 10.5. The van der Waals surface area contributed by atoms with Gasteiger partial charge in [-0.1, -0.05) is 61.5 Å². The number of carbonyl (C=O) groups excluding carboxylic acids is 1. The van der Waals surface area contributed by atoms with Gasteiger partial charge in [-0.3, -0.25) is 4.79 Å². The van der Waals surface area contributed by atoms with Crippen LogP contribution in [0.15, 0.2) is 54.6 Å². The monoisotopic (exact) mass is 236 g/mol. The molecule has 1 aliphatic carbocycles. The SMILES string of the molecule is C[C@@H]1c2ccccc2C[C@H]1C(=O)c1ccccc1. The first-order chi connectivity index (χ1) is 8.77. The molecule has 0 N–H and O–H groups in total. The molecule has 3 rings (SSSR count). The van der Waals surface area contributed by atoms with Crippen LogP contribution in [0, 0.1) is 5.92 Å². The fraction of sp³-hybridized carbons (Fsp3) is 0.235. The van der Waals surface area contributed by atoms with Crippen LogP contribution in [-0.4, -0.2) is 5.78 Å². The topological polar surface area (TPSA) is 17.1 Å². The first-order valence-electron chi connectivity index (χ1n) is 6.44. The second-order valence-corrected chi connectivity index (χ2v) is 5.03. The zero-order chi connectivity index (χ0) is 12.5. The van der Waals surface area contributed by atoms with Crippen molar-refractivity contribution in [3.63, 3.8) is 0 Å². The maximum absolute atomic E-state index is 12.5. The van der Waals surface area contributed by atoms with Gasteiger partial charge in [-0.2, -0.15) is 0 Å². The maximum Gasteiger partial charge on any atom is 0.166 e. The molecule has 2 atom stereocenters. The van der Waals surface area contributed by atoms with Gasteiger partial charge in [0.25, 0.3) is 0 Å². The first kappa shape index (κ1) is 11.2. The molecule has 0 radical (unpaired) electrons. The van der Waals surface area contributed by atoms with Gasteiger partial charge in [-0.25, -0.2) is 0 Å². The number of rotatable bonds is 2. The van der Waals surface area contributed by atoms with E-state index in [-0.39, 0.29) is 11.7 Å². The average Bonchev–Trinajstić information content (AvgIpc) is 2.77. The lowest BCUT2D eigenvalue weighted by Crippen LogP contribution is -2.17. The molecule has 2 aromatic carbocycles. The highest BCUT2D eigenvalue weighted by Gasteiger charge is 2.34. The summed E-state index contributed by atoms with van der Waals surface area (Å²) in [5.41, 5.74) is 3.51. The van der Waals surface area contributed by atoms with Gasteiger partial charge in [0.05, 0.1) is 0 Å². The van der Waals surface area contributed by atoms with E-state index in [1.165, 1.54) is 11.1 Å². The van der Waals surface area contributed by atoms with Crippen molar-refractivity contribution in [2.75, 3.05) is 0 Å². The van der Waals surface area contributed by atoms with Crippen molar-refractivity contribution in [3.8, 4) is 0 Å². The second kappa shape index (κ2) is 4.41. The van der Waals surface area contributed by atoms with E-state index in [1.54, 1.807) is 0 Å². The first-order valence-corrected chi connectivity index (χ1v) is 6.44. The van der Waals surface area contributed by atoms with Crippen LogP contribution in [0.25, 0.3) is 0 Å². The van der Waals surface area contributed by atoms with E-state index in [0.29, 0.717) is 5.92 Å². The van der Waals surface area contributed by atoms with Crippen LogP contribution in [0.5, 0.6) is 0 Å². The second-order valence-electron chi connectivity index (χ2n) is 5.03. The molecule has 18 heavy (non-hydrogen) atoms. The number of benzene rings is 2.